The topological polar surface area (TPSA) is 57.2 Å². The zero-order valence-electron chi connectivity index (χ0n) is 14.7. The van der Waals surface area contributed by atoms with Crippen LogP contribution in [0, 0.1) is 5.82 Å². The molecule has 0 bridgehead atoms. The van der Waals surface area contributed by atoms with Crippen molar-refractivity contribution in [3.05, 3.63) is 54.2 Å². The normalized spacial score (nSPS) is 15.4. The van der Waals surface area contributed by atoms with E-state index in [1.165, 1.54) is 12.4 Å². The minimum absolute atomic E-state index is 0.327. The highest BCUT2D eigenvalue weighted by Gasteiger charge is 2.15. The fourth-order valence-electron chi connectivity index (χ4n) is 3.12. The van der Waals surface area contributed by atoms with Gasteiger partial charge in [0.15, 0.2) is 0 Å². The van der Waals surface area contributed by atoms with Crippen molar-refractivity contribution in [1.29, 1.82) is 0 Å². The van der Waals surface area contributed by atoms with Crippen molar-refractivity contribution in [3.8, 4) is 0 Å². The molecule has 1 N–H and O–H groups in total. The number of rotatable bonds is 4. The molecular formula is C19H21FN6. The van der Waals surface area contributed by atoms with Crippen molar-refractivity contribution in [2.24, 2.45) is 0 Å². The molecule has 4 rings (SSSR count). The van der Waals surface area contributed by atoms with E-state index in [4.69, 9.17) is 0 Å². The van der Waals surface area contributed by atoms with Crippen molar-refractivity contribution in [1.82, 2.24) is 19.9 Å². The second kappa shape index (κ2) is 7.21. The summed E-state index contributed by atoms with van der Waals surface area (Å²) in [6.07, 6.45) is 3.26. The summed E-state index contributed by atoms with van der Waals surface area (Å²) >= 11 is 0. The second-order valence-electron chi connectivity index (χ2n) is 6.53. The summed E-state index contributed by atoms with van der Waals surface area (Å²) in [5.74, 6) is 1.29. The summed E-state index contributed by atoms with van der Waals surface area (Å²) in [5, 5.41) is 3.93. The van der Waals surface area contributed by atoms with E-state index >= 15 is 0 Å². The summed E-state index contributed by atoms with van der Waals surface area (Å²) in [6.45, 7) is 4.68. The summed E-state index contributed by atoms with van der Waals surface area (Å²) < 4.78 is 13.8. The van der Waals surface area contributed by atoms with E-state index < -0.39 is 0 Å². The van der Waals surface area contributed by atoms with E-state index in [0.29, 0.717) is 23.3 Å². The van der Waals surface area contributed by atoms with Crippen LogP contribution < -0.4 is 10.2 Å². The molecule has 1 aliphatic heterocycles. The van der Waals surface area contributed by atoms with Gasteiger partial charge in [0.25, 0.3) is 0 Å². The summed E-state index contributed by atoms with van der Waals surface area (Å²) in [7, 11) is 2.14. The van der Waals surface area contributed by atoms with Gasteiger partial charge in [-0.05, 0) is 30.8 Å². The van der Waals surface area contributed by atoms with Gasteiger partial charge in [0, 0.05) is 44.3 Å². The monoisotopic (exact) mass is 352 g/mol. The minimum Gasteiger partial charge on any atom is -0.365 e. The van der Waals surface area contributed by atoms with Gasteiger partial charge in [-0.1, -0.05) is 12.1 Å². The standard InChI is InChI=1S/C19H21FN6/c1-25-7-9-26(10-8-25)17-6-5-14(11-21-17)12-22-19-15-3-2-4-16(20)18(15)23-13-24-19/h2-6,11,13H,7-10,12H2,1H3,(H,22,23,24). The Morgan fingerprint density at radius 3 is 2.65 bits per heavy atom. The number of piperazine rings is 1. The summed E-state index contributed by atoms with van der Waals surface area (Å²) in [5.41, 5.74) is 1.37. The molecule has 0 atom stereocenters. The number of anilines is 2. The molecule has 0 unspecified atom stereocenters. The Bertz CT molecular complexity index is 890. The SMILES string of the molecule is CN1CCN(c2ccc(CNc3ncnc4c(F)cccc34)cn2)CC1. The smallest absolute Gasteiger partial charge is 0.149 e. The van der Waals surface area contributed by atoms with E-state index in [0.717, 1.165) is 37.6 Å². The highest BCUT2D eigenvalue weighted by Crippen LogP contribution is 2.22. The van der Waals surface area contributed by atoms with Crippen LogP contribution in [0.15, 0.2) is 42.9 Å². The van der Waals surface area contributed by atoms with Crippen LogP contribution in [0.2, 0.25) is 0 Å². The zero-order chi connectivity index (χ0) is 17.9. The molecule has 2 aromatic heterocycles. The Hall–Kier alpha value is -2.80. The van der Waals surface area contributed by atoms with Crippen LogP contribution in [-0.4, -0.2) is 53.1 Å². The van der Waals surface area contributed by atoms with E-state index in [1.54, 1.807) is 6.07 Å². The number of hydrogen-bond acceptors (Lipinski definition) is 6. The lowest BCUT2D eigenvalue weighted by molar-refractivity contribution is 0.312. The lowest BCUT2D eigenvalue weighted by atomic mass is 10.2. The van der Waals surface area contributed by atoms with E-state index in [-0.39, 0.29) is 5.82 Å². The lowest BCUT2D eigenvalue weighted by Gasteiger charge is -2.33. The average molecular weight is 352 g/mol. The first-order chi connectivity index (χ1) is 12.7. The largest absolute Gasteiger partial charge is 0.365 e. The fraction of sp³-hybridized carbons (Fsp3) is 0.316. The molecule has 0 spiro atoms. The molecule has 1 aromatic carbocycles. The van der Waals surface area contributed by atoms with Crippen LogP contribution in [0.3, 0.4) is 0 Å². The first-order valence-corrected chi connectivity index (χ1v) is 8.72. The van der Waals surface area contributed by atoms with E-state index in [1.807, 2.05) is 12.3 Å². The molecule has 3 heterocycles. The quantitative estimate of drug-likeness (QED) is 0.779. The van der Waals surface area contributed by atoms with E-state index in [9.17, 15) is 4.39 Å². The molecule has 0 amide bonds. The molecule has 3 aromatic rings. The Morgan fingerprint density at radius 2 is 1.88 bits per heavy atom. The molecule has 0 radical (unpaired) electrons. The number of nitrogens with one attached hydrogen (secondary N) is 1. The molecule has 0 aliphatic carbocycles. The molecule has 1 aliphatic rings. The van der Waals surface area contributed by atoms with E-state index in [2.05, 4.69) is 49.2 Å². The van der Waals surface area contributed by atoms with Gasteiger partial charge in [-0.2, -0.15) is 0 Å². The molecule has 6 nitrogen and oxygen atoms in total. The van der Waals surface area contributed by atoms with Crippen LogP contribution >= 0.6 is 0 Å². The first kappa shape index (κ1) is 16.7. The molecule has 0 saturated carbocycles. The maximum absolute atomic E-state index is 13.8. The third kappa shape index (κ3) is 3.43. The van der Waals surface area contributed by atoms with Gasteiger partial charge in [-0.25, -0.2) is 19.3 Å². The van der Waals surface area contributed by atoms with Gasteiger partial charge in [0.1, 0.15) is 29.3 Å². The number of para-hydroxylation sites is 1. The number of halogens is 1. The van der Waals surface area contributed by atoms with Crippen LogP contribution in [0.5, 0.6) is 0 Å². The van der Waals surface area contributed by atoms with Crippen LogP contribution in [-0.2, 0) is 6.54 Å². The maximum Gasteiger partial charge on any atom is 0.149 e. The highest BCUT2D eigenvalue weighted by molar-refractivity contribution is 5.89. The molecular weight excluding hydrogens is 331 g/mol. The minimum atomic E-state index is -0.342. The van der Waals surface area contributed by atoms with Crippen molar-refractivity contribution in [2.75, 3.05) is 43.4 Å². The van der Waals surface area contributed by atoms with Crippen molar-refractivity contribution in [3.63, 3.8) is 0 Å². The zero-order valence-corrected chi connectivity index (χ0v) is 14.7. The predicted octanol–water partition coefficient (Wildman–Crippen LogP) is 2.53. The number of benzene rings is 1. The summed E-state index contributed by atoms with van der Waals surface area (Å²) in [4.78, 5) is 17.5. The molecule has 7 heteroatoms. The van der Waals surface area contributed by atoms with Gasteiger partial charge in [0.05, 0.1) is 0 Å². The number of pyridine rings is 1. The van der Waals surface area contributed by atoms with Gasteiger partial charge >= 0.3 is 0 Å². The number of likely N-dealkylation sites (N-methyl/N-ethyl adjacent to an activating group) is 1. The number of nitrogens with zero attached hydrogens (tertiary/aromatic N) is 5. The number of fused-ring (bicyclic) bond motifs is 1. The molecule has 26 heavy (non-hydrogen) atoms. The van der Waals surface area contributed by atoms with Crippen LogP contribution in [0.1, 0.15) is 5.56 Å². The van der Waals surface area contributed by atoms with Crippen molar-refractivity contribution in [2.45, 2.75) is 6.54 Å². The average Bonchev–Trinajstić information content (AvgIpc) is 2.68. The Morgan fingerprint density at radius 1 is 1.04 bits per heavy atom. The molecule has 1 saturated heterocycles. The van der Waals surface area contributed by atoms with Crippen molar-refractivity contribution >= 4 is 22.5 Å². The third-order valence-corrected chi connectivity index (χ3v) is 4.71. The number of aromatic nitrogens is 3. The Labute approximate surface area is 151 Å². The molecule has 1 fully saturated rings. The van der Waals surface area contributed by atoms with Crippen molar-refractivity contribution < 1.29 is 4.39 Å². The lowest BCUT2D eigenvalue weighted by Crippen LogP contribution is -2.44. The van der Waals surface area contributed by atoms with Crippen LogP contribution in [0.4, 0.5) is 16.0 Å². The molecule has 134 valence electrons. The Kier molecular flexibility index (Phi) is 4.62. The van der Waals surface area contributed by atoms with Gasteiger partial charge in [0.2, 0.25) is 0 Å². The maximum atomic E-state index is 13.8. The predicted molar refractivity (Wildman–Crippen MR) is 101 cm³/mol. The highest BCUT2D eigenvalue weighted by atomic mass is 19.1. The second-order valence-corrected chi connectivity index (χ2v) is 6.53. The summed E-state index contributed by atoms with van der Waals surface area (Å²) in [6, 6.07) is 9.01. The van der Waals surface area contributed by atoms with Gasteiger partial charge in [-0.3, -0.25) is 0 Å². The van der Waals surface area contributed by atoms with Crippen LogP contribution in [0.25, 0.3) is 10.9 Å². The fourth-order valence-corrected chi connectivity index (χ4v) is 3.12. The third-order valence-electron chi connectivity index (χ3n) is 4.71. The number of hydrogen-bond donors (Lipinski definition) is 1. The Balaban J connectivity index is 1.45. The first-order valence-electron chi connectivity index (χ1n) is 8.72. The van der Waals surface area contributed by atoms with Gasteiger partial charge < -0.3 is 15.1 Å². The van der Waals surface area contributed by atoms with Gasteiger partial charge in [-0.15, -0.1) is 0 Å².